The second-order valence-electron chi connectivity index (χ2n) is 2.82. The average molecular weight is 166 g/mol. The summed E-state index contributed by atoms with van der Waals surface area (Å²) in [5.41, 5.74) is 3.33. The van der Waals surface area contributed by atoms with E-state index in [1.54, 1.807) is 0 Å². The average Bonchev–Trinajstić information content (AvgIpc) is 2.29. The van der Waals surface area contributed by atoms with E-state index in [0.29, 0.717) is 0 Å². The molecule has 1 aromatic heterocycles. The fourth-order valence-corrected chi connectivity index (χ4v) is 1.51. The molecule has 12 heavy (non-hydrogen) atoms. The summed E-state index contributed by atoms with van der Waals surface area (Å²) in [5.74, 6) is 0. The maximum Gasteiger partial charge on any atom is 0.0751 e. The lowest BCUT2D eigenvalue weighted by atomic mass is 10.3. The lowest BCUT2D eigenvalue weighted by molar-refractivity contribution is 0.322. The highest BCUT2D eigenvalue weighted by atomic mass is 16.4. The lowest BCUT2D eigenvalue weighted by Gasteiger charge is -2.03. The summed E-state index contributed by atoms with van der Waals surface area (Å²) in [6.07, 6.45) is 1.47. The van der Waals surface area contributed by atoms with Crippen LogP contribution in [-0.4, -0.2) is 16.0 Å². The van der Waals surface area contributed by atoms with Crippen LogP contribution in [0.25, 0.3) is 0 Å². The zero-order valence-corrected chi connectivity index (χ0v) is 7.70. The van der Waals surface area contributed by atoms with Crippen molar-refractivity contribution in [2.45, 2.75) is 27.3 Å². The second kappa shape index (κ2) is 3.43. The molecule has 0 unspecified atom stereocenters. The lowest BCUT2D eigenvalue weighted by Crippen LogP contribution is -1.99. The van der Waals surface area contributed by atoms with Crippen molar-refractivity contribution in [3.63, 3.8) is 0 Å². The van der Waals surface area contributed by atoms with E-state index in [1.807, 2.05) is 19.9 Å². The van der Waals surface area contributed by atoms with Gasteiger partial charge in [0.1, 0.15) is 0 Å². The molecule has 0 aliphatic rings. The van der Waals surface area contributed by atoms with Crippen LogP contribution in [0.3, 0.4) is 0 Å². The first-order chi connectivity index (χ1) is 5.70. The smallest absolute Gasteiger partial charge is 0.0751 e. The van der Waals surface area contributed by atoms with E-state index < -0.39 is 0 Å². The van der Waals surface area contributed by atoms with Gasteiger partial charge in [-0.25, -0.2) is 0 Å². The van der Waals surface area contributed by atoms with Gasteiger partial charge in [0.15, 0.2) is 0 Å². The number of nitrogens with zero attached hydrogens (tertiary/aromatic N) is 2. The van der Waals surface area contributed by atoms with E-state index in [-0.39, 0.29) is 0 Å². The van der Waals surface area contributed by atoms with Crippen molar-refractivity contribution in [2.75, 3.05) is 0 Å². The van der Waals surface area contributed by atoms with E-state index in [2.05, 4.69) is 16.6 Å². The molecule has 3 heteroatoms. The highest BCUT2D eigenvalue weighted by molar-refractivity contribution is 5.81. The Morgan fingerprint density at radius 1 is 1.58 bits per heavy atom. The maximum absolute atomic E-state index is 8.38. The molecule has 0 aromatic carbocycles. The molecule has 66 valence electrons. The molecule has 1 aromatic rings. The molecule has 0 spiro atoms. The van der Waals surface area contributed by atoms with Crippen molar-refractivity contribution >= 4 is 6.21 Å². The number of hydrogen-bond acceptors (Lipinski definition) is 2. The predicted molar refractivity (Wildman–Crippen MR) is 49.0 cm³/mol. The zero-order chi connectivity index (χ0) is 9.14. The Labute approximate surface area is 72.3 Å². The molecule has 0 aliphatic heterocycles. The van der Waals surface area contributed by atoms with Crippen molar-refractivity contribution < 1.29 is 5.21 Å². The Hall–Kier alpha value is -1.25. The Morgan fingerprint density at radius 3 is 2.67 bits per heavy atom. The Morgan fingerprint density at radius 2 is 2.25 bits per heavy atom. The molecule has 1 N–H and O–H groups in total. The van der Waals surface area contributed by atoms with Gasteiger partial charge in [0.05, 0.1) is 6.21 Å². The molecule has 1 heterocycles. The third-order valence-electron chi connectivity index (χ3n) is 2.13. The van der Waals surface area contributed by atoms with Gasteiger partial charge in [-0.2, -0.15) is 0 Å². The fourth-order valence-electron chi connectivity index (χ4n) is 1.51. The van der Waals surface area contributed by atoms with Crippen LogP contribution in [0.15, 0.2) is 11.2 Å². The van der Waals surface area contributed by atoms with Gasteiger partial charge < -0.3 is 9.77 Å². The molecule has 0 fully saturated rings. The van der Waals surface area contributed by atoms with E-state index in [9.17, 15) is 0 Å². The topological polar surface area (TPSA) is 37.5 Å². The summed E-state index contributed by atoms with van der Waals surface area (Å²) >= 11 is 0. The molecule has 3 nitrogen and oxygen atoms in total. The van der Waals surface area contributed by atoms with Gasteiger partial charge in [0.2, 0.25) is 0 Å². The van der Waals surface area contributed by atoms with Crippen LogP contribution < -0.4 is 0 Å². The first kappa shape index (κ1) is 8.84. The SMILES string of the molecule is CCn1c(C)cc(C=NO)c1C. The second-order valence-corrected chi connectivity index (χ2v) is 2.82. The van der Waals surface area contributed by atoms with Crippen molar-refractivity contribution in [2.24, 2.45) is 5.16 Å². The number of oxime groups is 1. The summed E-state index contributed by atoms with van der Waals surface area (Å²) in [4.78, 5) is 0. The van der Waals surface area contributed by atoms with Crippen molar-refractivity contribution in [3.8, 4) is 0 Å². The van der Waals surface area contributed by atoms with Gasteiger partial charge in [-0.3, -0.25) is 0 Å². The maximum atomic E-state index is 8.38. The largest absolute Gasteiger partial charge is 0.411 e. The van der Waals surface area contributed by atoms with E-state index >= 15 is 0 Å². The summed E-state index contributed by atoms with van der Waals surface area (Å²) in [7, 11) is 0. The Kier molecular flexibility index (Phi) is 2.53. The molecule has 0 saturated carbocycles. The van der Waals surface area contributed by atoms with Crippen molar-refractivity contribution in [1.29, 1.82) is 0 Å². The van der Waals surface area contributed by atoms with Gasteiger partial charge in [0.25, 0.3) is 0 Å². The first-order valence-electron chi connectivity index (χ1n) is 4.04. The quantitative estimate of drug-likeness (QED) is 0.407. The highest BCUT2D eigenvalue weighted by Crippen LogP contribution is 2.12. The number of rotatable bonds is 2. The van der Waals surface area contributed by atoms with Gasteiger partial charge in [-0.1, -0.05) is 5.16 Å². The first-order valence-corrected chi connectivity index (χ1v) is 4.04. The van der Waals surface area contributed by atoms with Gasteiger partial charge >= 0.3 is 0 Å². The molecular weight excluding hydrogens is 152 g/mol. The summed E-state index contributed by atoms with van der Waals surface area (Å²) in [5, 5.41) is 11.4. The third-order valence-corrected chi connectivity index (χ3v) is 2.13. The Bertz CT molecular complexity index is 300. The number of aromatic nitrogens is 1. The van der Waals surface area contributed by atoms with Crippen LogP contribution in [-0.2, 0) is 6.54 Å². The molecule has 1 rings (SSSR count). The highest BCUT2D eigenvalue weighted by Gasteiger charge is 2.04. The van der Waals surface area contributed by atoms with Gasteiger partial charge in [0, 0.05) is 23.5 Å². The van der Waals surface area contributed by atoms with Gasteiger partial charge in [-0.05, 0) is 26.8 Å². The molecule has 0 amide bonds. The number of aryl methyl sites for hydroxylation is 1. The summed E-state index contributed by atoms with van der Waals surface area (Å²) in [6.45, 7) is 7.12. The van der Waals surface area contributed by atoms with Crippen LogP contribution in [0.4, 0.5) is 0 Å². The summed E-state index contributed by atoms with van der Waals surface area (Å²) in [6, 6.07) is 2.01. The minimum Gasteiger partial charge on any atom is -0.411 e. The van der Waals surface area contributed by atoms with Crippen molar-refractivity contribution in [3.05, 3.63) is 23.0 Å². The minimum absolute atomic E-state index is 0.955. The summed E-state index contributed by atoms with van der Waals surface area (Å²) < 4.78 is 2.18. The molecule has 0 radical (unpaired) electrons. The molecule has 0 atom stereocenters. The van der Waals surface area contributed by atoms with E-state index in [1.165, 1.54) is 11.9 Å². The van der Waals surface area contributed by atoms with Crippen LogP contribution in [0, 0.1) is 13.8 Å². The molecule has 0 bridgehead atoms. The fraction of sp³-hybridized carbons (Fsp3) is 0.444. The van der Waals surface area contributed by atoms with E-state index in [4.69, 9.17) is 5.21 Å². The molecule has 0 aliphatic carbocycles. The van der Waals surface area contributed by atoms with Crippen LogP contribution in [0.2, 0.25) is 0 Å². The minimum atomic E-state index is 0.955. The van der Waals surface area contributed by atoms with Crippen LogP contribution in [0.5, 0.6) is 0 Å². The monoisotopic (exact) mass is 166 g/mol. The van der Waals surface area contributed by atoms with Gasteiger partial charge in [-0.15, -0.1) is 0 Å². The standard InChI is InChI=1S/C9H14N2O/c1-4-11-7(2)5-9(6-10-12)8(11)3/h5-6,12H,4H2,1-3H3. The zero-order valence-electron chi connectivity index (χ0n) is 7.70. The molecule has 0 saturated heterocycles. The van der Waals surface area contributed by atoms with E-state index in [0.717, 1.165) is 17.8 Å². The Balaban J connectivity index is 3.17. The van der Waals surface area contributed by atoms with Crippen molar-refractivity contribution in [1.82, 2.24) is 4.57 Å². The normalized spacial score (nSPS) is 11.2. The third kappa shape index (κ3) is 1.35. The number of hydrogen-bond donors (Lipinski definition) is 1. The predicted octanol–water partition coefficient (Wildman–Crippen LogP) is 1.93. The van der Waals surface area contributed by atoms with Crippen LogP contribution in [0.1, 0.15) is 23.9 Å². The van der Waals surface area contributed by atoms with Crippen LogP contribution >= 0.6 is 0 Å². The molecular formula is C9H14N2O.